The number of amides is 1. The molecule has 1 aromatic carbocycles. The Bertz CT molecular complexity index is 984. The van der Waals surface area contributed by atoms with Crippen LogP contribution in [0.25, 0.3) is 0 Å². The van der Waals surface area contributed by atoms with E-state index in [-0.39, 0.29) is 16.8 Å². The Morgan fingerprint density at radius 1 is 1.24 bits per heavy atom. The molecule has 1 amide bonds. The fourth-order valence-electron chi connectivity index (χ4n) is 3.86. The molecule has 0 radical (unpaired) electrons. The lowest BCUT2D eigenvalue weighted by Crippen LogP contribution is -2.42. The van der Waals surface area contributed by atoms with E-state index in [2.05, 4.69) is 20.1 Å². The van der Waals surface area contributed by atoms with Gasteiger partial charge in [-0.15, -0.1) is 10.2 Å². The first-order valence-corrected chi connectivity index (χ1v) is 11.7. The summed E-state index contributed by atoms with van der Waals surface area (Å²) in [5.41, 5.74) is 0.347. The zero-order valence-corrected chi connectivity index (χ0v) is 17.4. The van der Waals surface area contributed by atoms with Crippen LogP contribution in [0.3, 0.4) is 0 Å². The fourth-order valence-corrected chi connectivity index (χ4v) is 5.60. The molecular weight excluding hydrogens is 390 g/mol. The lowest BCUT2D eigenvalue weighted by Gasteiger charge is -2.32. The van der Waals surface area contributed by atoms with Gasteiger partial charge in [-0.25, -0.2) is 8.42 Å². The summed E-state index contributed by atoms with van der Waals surface area (Å²) >= 11 is 0. The first-order chi connectivity index (χ1) is 14.0. The van der Waals surface area contributed by atoms with E-state index in [1.54, 1.807) is 28.8 Å². The maximum atomic E-state index is 13.0. The standard InChI is InChI=1S/C20H27N5O3S/c1-15-5-2-3-12-25(15)29(27,28)18-7-4-6-16(13-18)20(26)21-11-10-19-23-22-14-24(19)17-8-9-17/h4,6-7,13-15,17H,2-3,5,8-12H2,1H3,(H,21,26). The van der Waals surface area contributed by atoms with Gasteiger partial charge in [0.05, 0.1) is 4.90 Å². The van der Waals surface area contributed by atoms with Crippen molar-refractivity contribution in [2.75, 3.05) is 13.1 Å². The molecule has 1 atom stereocenters. The number of rotatable bonds is 7. The molecule has 2 aliphatic rings. The van der Waals surface area contributed by atoms with Crippen molar-refractivity contribution in [3.8, 4) is 0 Å². The van der Waals surface area contributed by atoms with Gasteiger partial charge in [-0.1, -0.05) is 12.5 Å². The summed E-state index contributed by atoms with van der Waals surface area (Å²) in [5, 5.41) is 10.9. The van der Waals surface area contributed by atoms with Crippen molar-refractivity contribution in [3.63, 3.8) is 0 Å². The Balaban J connectivity index is 1.41. The molecule has 2 fully saturated rings. The Labute approximate surface area is 171 Å². The Morgan fingerprint density at radius 3 is 2.83 bits per heavy atom. The molecule has 1 aliphatic carbocycles. The minimum Gasteiger partial charge on any atom is -0.352 e. The summed E-state index contributed by atoms with van der Waals surface area (Å²) in [5.74, 6) is 0.578. The normalized spacial score (nSPS) is 20.5. The lowest BCUT2D eigenvalue weighted by molar-refractivity contribution is 0.0953. The second-order valence-corrected chi connectivity index (χ2v) is 9.77. The molecule has 9 heteroatoms. The number of aromatic nitrogens is 3. The summed E-state index contributed by atoms with van der Waals surface area (Å²) < 4.78 is 29.7. The molecule has 1 saturated carbocycles. The molecule has 1 N–H and O–H groups in total. The van der Waals surface area contributed by atoms with Crippen LogP contribution in [0.1, 0.15) is 61.3 Å². The molecule has 2 aromatic rings. The quantitative estimate of drug-likeness (QED) is 0.744. The molecule has 0 spiro atoms. The molecule has 29 heavy (non-hydrogen) atoms. The van der Waals surface area contributed by atoms with Gasteiger partial charge in [0.2, 0.25) is 10.0 Å². The van der Waals surface area contributed by atoms with Crippen LogP contribution in [0.2, 0.25) is 0 Å². The van der Waals surface area contributed by atoms with E-state index in [1.807, 2.05) is 6.92 Å². The van der Waals surface area contributed by atoms with Crippen LogP contribution in [0.15, 0.2) is 35.5 Å². The molecule has 2 heterocycles. The van der Waals surface area contributed by atoms with Crippen molar-refractivity contribution < 1.29 is 13.2 Å². The van der Waals surface area contributed by atoms with Crippen LogP contribution in [-0.2, 0) is 16.4 Å². The van der Waals surface area contributed by atoms with Crippen molar-refractivity contribution in [2.24, 2.45) is 0 Å². The third-order valence-electron chi connectivity index (χ3n) is 5.67. The molecule has 1 aromatic heterocycles. The van der Waals surface area contributed by atoms with Gasteiger partial charge in [0.15, 0.2) is 0 Å². The third kappa shape index (κ3) is 4.35. The van der Waals surface area contributed by atoms with E-state index in [9.17, 15) is 13.2 Å². The minimum atomic E-state index is -3.60. The molecule has 8 nitrogen and oxygen atoms in total. The van der Waals surface area contributed by atoms with Crippen LogP contribution in [0.5, 0.6) is 0 Å². The molecular formula is C20H27N5O3S. The highest BCUT2D eigenvalue weighted by Gasteiger charge is 2.31. The van der Waals surface area contributed by atoms with Crippen LogP contribution < -0.4 is 5.32 Å². The Morgan fingerprint density at radius 2 is 2.07 bits per heavy atom. The van der Waals surface area contributed by atoms with Crippen LogP contribution in [-0.4, -0.2) is 52.5 Å². The second kappa shape index (κ2) is 8.23. The molecule has 0 bridgehead atoms. The molecule has 1 aliphatic heterocycles. The van der Waals surface area contributed by atoms with Gasteiger partial charge in [0.1, 0.15) is 12.2 Å². The zero-order valence-electron chi connectivity index (χ0n) is 16.6. The monoisotopic (exact) mass is 417 g/mol. The van der Waals surface area contributed by atoms with Gasteiger partial charge in [0.25, 0.3) is 5.91 Å². The van der Waals surface area contributed by atoms with Crippen molar-refractivity contribution in [1.29, 1.82) is 0 Å². The second-order valence-electron chi connectivity index (χ2n) is 7.88. The van der Waals surface area contributed by atoms with Crippen molar-refractivity contribution in [2.45, 2.75) is 62.4 Å². The van der Waals surface area contributed by atoms with Crippen molar-refractivity contribution >= 4 is 15.9 Å². The summed E-state index contributed by atoms with van der Waals surface area (Å²) in [6.07, 6.45) is 7.41. The van der Waals surface area contributed by atoms with Gasteiger partial charge in [-0.3, -0.25) is 4.79 Å². The van der Waals surface area contributed by atoms with Gasteiger partial charge >= 0.3 is 0 Å². The predicted octanol–water partition coefficient (Wildman–Crippen LogP) is 2.15. The summed E-state index contributed by atoms with van der Waals surface area (Å²) in [6, 6.07) is 6.77. The number of carbonyl (C=O) groups is 1. The highest BCUT2D eigenvalue weighted by atomic mass is 32.2. The average molecular weight is 418 g/mol. The largest absolute Gasteiger partial charge is 0.352 e. The number of piperidine rings is 1. The summed E-state index contributed by atoms with van der Waals surface area (Å²) in [7, 11) is -3.60. The van der Waals surface area contributed by atoms with Crippen LogP contribution in [0, 0.1) is 0 Å². The van der Waals surface area contributed by atoms with E-state index in [0.717, 1.165) is 37.9 Å². The minimum absolute atomic E-state index is 0.0185. The topological polar surface area (TPSA) is 97.2 Å². The number of hydrogen-bond acceptors (Lipinski definition) is 5. The van der Waals surface area contributed by atoms with Gasteiger partial charge in [-0.05, 0) is 50.8 Å². The first kappa shape index (κ1) is 20.0. The maximum absolute atomic E-state index is 13.0. The Hall–Kier alpha value is -2.26. The smallest absolute Gasteiger partial charge is 0.251 e. The van der Waals surface area contributed by atoms with E-state index >= 15 is 0 Å². The van der Waals surface area contributed by atoms with Crippen LogP contribution in [0.4, 0.5) is 0 Å². The first-order valence-electron chi connectivity index (χ1n) is 10.3. The van der Waals surface area contributed by atoms with Gasteiger partial charge in [-0.2, -0.15) is 4.31 Å². The predicted molar refractivity (Wildman–Crippen MR) is 108 cm³/mol. The van der Waals surface area contributed by atoms with E-state index in [0.29, 0.717) is 31.1 Å². The molecule has 1 unspecified atom stereocenters. The Kier molecular flexibility index (Phi) is 5.69. The molecule has 156 valence electrons. The lowest BCUT2D eigenvalue weighted by atomic mass is 10.1. The van der Waals surface area contributed by atoms with Crippen LogP contribution >= 0.6 is 0 Å². The van der Waals surface area contributed by atoms with Crippen molar-refractivity contribution in [3.05, 3.63) is 42.0 Å². The number of sulfonamides is 1. The molecule has 1 saturated heterocycles. The molecule has 4 rings (SSSR count). The van der Waals surface area contributed by atoms with Gasteiger partial charge in [0, 0.05) is 37.2 Å². The highest BCUT2D eigenvalue weighted by Crippen LogP contribution is 2.35. The zero-order chi connectivity index (χ0) is 20.4. The third-order valence-corrected chi connectivity index (χ3v) is 7.68. The average Bonchev–Trinajstić information content (AvgIpc) is 3.46. The maximum Gasteiger partial charge on any atom is 0.251 e. The summed E-state index contributed by atoms with van der Waals surface area (Å²) in [4.78, 5) is 12.7. The van der Waals surface area contributed by atoms with Crippen molar-refractivity contribution in [1.82, 2.24) is 24.4 Å². The summed E-state index contributed by atoms with van der Waals surface area (Å²) in [6.45, 7) is 2.89. The fraction of sp³-hybridized carbons (Fsp3) is 0.550. The van der Waals surface area contributed by atoms with E-state index in [1.165, 1.54) is 6.07 Å². The number of carbonyl (C=O) groups excluding carboxylic acids is 1. The van der Waals surface area contributed by atoms with Gasteiger partial charge < -0.3 is 9.88 Å². The SMILES string of the molecule is CC1CCCCN1S(=O)(=O)c1cccc(C(=O)NCCc2nncn2C2CC2)c1. The number of benzene rings is 1. The van der Waals surface area contributed by atoms with E-state index in [4.69, 9.17) is 0 Å². The number of nitrogens with zero attached hydrogens (tertiary/aromatic N) is 4. The number of nitrogens with one attached hydrogen (secondary N) is 1. The van der Waals surface area contributed by atoms with E-state index < -0.39 is 10.0 Å². The highest BCUT2D eigenvalue weighted by molar-refractivity contribution is 7.89. The number of hydrogen-bond donors (Lipinski definition) is 1.